The molecular weight excluding hydrogens is 283 g/mol. The van der Waals surface area contributed by atoms with Gasteiger partial charge < -0.3 is 10.2 Å². The number of hydrogen-bond acceptors (Lipinski definition) is 3. The lowest BCUT2D eigenvalue weighted by Crippen LogP contribution is -2.40. The van der Waals surface area contributed by atoms with E-state index < -0.39 is 19.8 Å². The average Bonchev–Trinajstić information content (AvgIpc) is 2.25. The molecule has 0 aliphatic heterocycles. The van der Waals surface area contributed by atoms with Crippen LogP contribution in [0.2, 0.25) is 0 Å². The Morgan fingerprint density at radius 3 is 1.90 bits per heavy atom. The Morgan fingerprint density at radius 2 is 1.52 bits per heavy atom. The summed E-state index contributed by atoms with van der Waals surface area (Å²) >= 11 is 0. The predicted molar refractivity (Wildman–Crippen MR) is 93.9 cm³/mol. The van der Waals surface area contributed by atoms with Gasteiger partial charge in [-0.05, 0) is 30.6 Å². The summed E-state index contributed by atoms with van der Waals surface area (Å²) in [5.74, 6) is 2.11. The quantitative estimate of drug-likeness (QED) is 0.530. The third-order valence-electron chi connectivity index (χ3n) is 4.38. The van der Waals surface area contributed by atoms with Crippen LogP contribution < -0.4 is 0 Å². The van der Waals surface area contributed by atoms with Gasteiger partial charge in [0, 0.05) is 5.41 Å². The molecule has 0 amide bonds. The minimum atomic E-state index is -0.703. The Hall–Kier alpha value is -0.240. The Balaban J connectivity index is 5.01. The van der Waals surface area contributed by atoms with Crippen LogP contribution in [0.5, 0.6) is 0 Å². The summed E-state index contributed by atoms with van der Waals surface area (Å²) in [4.78, 5) is 10.9. The topological polar surface area (TPSA) is 57.5 Å². The third-order valence-corrected chi connectivity index (χ3v) is 5.82. The SMILES string of the molecule is CC(O)C(C)(C)CC(O)C(C)(C)CC(C)(C)C=[P+](C)C=O. The molecule has 0 aromatic rings. The van der Waals surface area contributed by atoms with Crippen LogP contribution in [0.4, 0.5) is 0 Å². The maximum Gasteiger partial charge on any atom is 0.310 e. The van der Waals surface area contributed by atoms with Crippen LogP contribution in [0.1, 0.15) is 61.3 Å². The Morgan fingerprint density at radius 1 is 1.05 bits per heavy atom. The van der Waals surface area contributed by atoms with E-state index in [-0.39, 0.29) is 16.2 Å². The van der Waals surface area contributed by atoms with Crippen LogP contribution in [-0.4, -0.2) is 40.9 Å². The lowest BCUT2D eigenvalue weighted by atomic mass is 9.68. The first-order valence-electron chi connectivity index (χ1n) is 7.63. The maximum absolute atomic E-state index is 10.9. The second-order valence-corrected chi connectivity index (χ2v) is 10.2. The molecule has 0 fully saturated rings. The molecule has 124 valence electrons. The van der Waals surface area contributed by atoms with Gasteiger partial charge in [0.15, 0.2) is 7.55 Å². The molecule has 4 heteroatoms. The van der Waals surface area contributed by atoms with Crippen molar-refractivity contribution < 1.29 is 15.0 Å². The van der Waals surface area contributed by atoms with Crippen molar-refractivity contribution in [3.05, 3.63) is 0 Å². The van der Waals surface area contributed by atoms with Crippen LogP contribution in [-0.2, 0) is 4.79 Å². The minimum Gasteiger partial charge on any atom is -0.393 e. The summed E-state index contributed by atoms with van der Waals surface area (Å²) < 4.78 is 0. The average molecular weight is 317 g/mol. The lowest BCUT2D eigenvalue weighted by molar-refractivity contribution is -0.0350. The zero-order valence-electron chi connectivity index (χ0n) is 15.0. The summed E-state index contributed by atoms with van der Waals surface area (Å²) in [5, 5.41) is 20.5. The van der Waals surface area contributed by atoms with Crippen molar-refractivity contribution in [2.45, 2.75) is 73.5 Å². The van der Waals surface area contributed by atoms with Gasteiger partial charge in [0.2, 0.25) is 0 Å². The Kier molecular flexibility index (Phi) is 7.27. The summed E-state index contributed by atoms with van der Waals surface area (Å²) in [6.07, 6.45) is 0.412. The number of carbonyl (C=O) groups is 1. The molecule has 0 aromatic heterocycles. The second kappa shape index (κ2) is 7.35. The molecule has 3 nitrogen and oxygen atoms in total. The van der Waals surface area contributed by atoms with Crippen molar-refractivity contribution >= 4 is 19.4 Å². The molecule has 21 heavy (non-hydrogen) atoms. The van der Waals surface area contributed by atoms with Crippen LogP contribution in [0.3, 0.4) is 0 Å². The molecule has 0 radical (unpaired) electrons. The first-order chi connectivity index (χ1) is 9.23. The number of carbonyl (C=O) groups excluding carboxylic acids is 1. The van der Waals surface area contributed by atoms with Gasteiger partial charge in [0.1, 0.15) is 6.66 Å². The van der Waals surface area contributed by atoms with E-state index in [1.54, 1.807) is 6.92 Å². The smallest absolute Gasteiger partial charge is 0.310 e. The third kappa shape index (κ3) is 7.04. The van der Waals surface area contributed by atoms with Crippen molar-refractivity contribution in [2.24, 2.45) is 16.2 Å². The number of aliphatic hydroxyl groups excluding tert-OH is 2. The summed E-state index contributed by atoms with van der Waals surface area (Å²) in [6.45, 7) is 16.0. The molecule has 0 saturated heterocycles. The van der Waals surface area contributed by atoms with Crippen LogP contribution in [0.15, 0.2) is 0 Å². The molecule has 0 aliphatic carbocycles. The number of hydrogen-bond donors (Lipinski definition) is 2. The number of aliphatic hydroxyl groups is 2. The maximum atomic E-state index is 10.9. The molecule has 0 bridgehead atoms. The Bertz CT molecular complexity index is 381. The van der Waals surface area contributed by atoms with Crippen molar-refractivity contribution in [3.8, 4) is 0 Å². The van der Waals surface area contributed by atoms with Crippen molar-refractivity contribution in [1.82, 2.24) is 0 Å². The van der Waals surface area contributed by atoms with Crippen molar-refractivity contribution in [1.29, 1.82) is 0 Å². The number of rotatable bonds is 8. The standard InChI is InChI=1S/C17H34O3P/c1-13(19)16(4,5)9-14(20)17(6,7)10-15(2,3)11-21(8)12-18/h11-14,19-20H,9-10H2,1-8H3/q+1. The summed E-state index contributed by atoms with van der Waals surface area (Å²) in [5.41, 5.74) is -0.684. The van der Waals surface area contributed by atoms with E-state index in [1.165, 1.54) is 0 Å². The van der Waals surface area contributed by atoms with E-state index in [0.29, 0.717) is 6.42 Å². The van der Waals surface area contributed by atoms with Gasteiger partial charge >= 0.3 is 6.03 Å². The predicted octanol–water partition coefficient (Wildman–Crippen LogP) is 3.69. The fourth-order valence-corrected chi connectivity index (χ4v) is 4.12. The van der Waals surface area contributed by atoms with Crippen molar-refractivity contribution in [3.63, 3.8) is 0 Å². The highest BCUT2D eigenvalue weighted by molar-refractivity contribution is 7.70. The molecule has 0 heterocycles. The minimum absolute atomic E-state index is 0.0964. The van der Waals surface area contributed by atoms with Crippen molar-refractivity contribution in [2.75, 3.05) is 6.66 Å². The summed E-state index contributed by atoms with van der Waals surface area (Å²) in [7, 11) is -0.703. The zero-order chi connectivity index (χ0) is 17.1. The van der Waals surface area contributed by atoms with E-state index in [0.717, 1.165) is 12.4 Å². The zero-order valence-corrected chi connectivity index (χ0v) is 15.9. The highest BCUT2D eigenvalue weighted by atomic mass is 31.1. The van der Waals surface area contributed by atoms with E-state index in [1.807, 2.05) is 20.5 Å². The molecule has 0 aliphatic rings. The van der Waals surface area contributed by atoms with E-state index in [4.69, 9.17) is 0 Å². The molecule has 0 rings (SSSR count). The van der Waals surface area contributed by atoms with E-state index in [2.05, 4.69) is 33.5 Å². The first-order valence-corrected chi connectivity index (χ1v) is 9.56. The van der Waals surface area contributed by atoms with Crippen LogP contribution >= 0.6 is 7.55 Å². The Labute approximate surface area is 131 Å². The lowest BCUT2D eigenvalue weighted by Gasteiger charge is -2.40. The molecule has 2 N–H and O–H groups in total. The highest BCUT2D eigenvalue weighted by Gasteiger charge is 2.39. The van der Waals surface area contributed by atoms with Gasteiger partial charge in [0.05, 0.1) is 18.0 Å². The molecule has 0 spiro atoms. The van der Waals surface area contributed by atoms with Crippen LogP contribution in [0.25, 0.3) is 0 Å². The van der Waals surface area contributed by atoms with Gasteiger partial charge in [-0.1, -0.05) is 41.5 Å². The van der Waals surface area contributed by atoms with Gasteiger partial charge in [-0.15, -0.1) is 0 Å². The molecular formula is C17H34O3P+. The fraction of sp³-hybridized carbons (Fsp3) is 0.882. The fourth-order valence-electron chi connectivity index (χ4n) is 2.86. The van der Waals surface area contributed by atoms with Gasteiger partial charge in [0.25, 0.3) is 0 Å². The summed E-state index contributed by atoms with van der Waals surface area (Å²) in [6, 6.07) is 1.01. The van der Waals surface area contributed by atoms with E-state index >= 15 is 0 Å². The second-order valence-electron chi connectivity index (χ2n) is 8.44. The van der Waals surface area contributed by atoms with Gasteiger partial charge in [-0.3, -0.25) is 0 Å². The molecule has 3 unspecified atom stereocenters. The molecule has 0 saturated carbocycles. The van der Waals surface area contributed by atoms with Gasteiger partial charge in [-0.25, -0.2) is 4.79 Å². The van der Waals surface area contributed by atoms with Crippen LogP contribution in [0, 0.1) is 16.2 Å². The molecule has 0 aromatic carbocycles. The highest BCUT2D eigenvalue weighted by Crippen LogP contribution is 2.41. The monoisotopic (exact) mass is 317 g/mol. The van der Waals surface area contributed by atoms with E-state index in [9.17, 15) is 15.0 Å². The normalized spacial score (nSPS) is 17.5. The van der Waals surface area contributed by atoms with Gasteiger partial charge in [-0.2, -0.15) is 0 Å². The largest absolute Gasteiger partial charge is 0.393 e. The molecule has 3 atom stereocenters. The first kappa shape index (κ1) is 20.8.